The molecule has 2 aromatic carbocycles. The first-order valence-electron chi connectivity index (χ1n) is 10.9. The number of pyridine rings is 1. The van der Waals surface area contributed by atoms with Gasteiger partial charge in [-0.2, -0.15) is 0 Å². The van der Waals surface area contributed by atoms with E-state index in [0.29, 0.717) is 22.5 Å². The van der Waals surface area contributed by atoms with Gasteiger partial charge in [-0.3, -0.25) is 9.59 Å². The molecule has 0 bridgehead atoms. The van der Waals surface area contributed by atoms with Gasteiger partial charge < -0.3 is 10.6 Å². The van der Waals surface area contributed by atoms with Crippen LogP contribution < -0.4 is 15.4 Å². The van der Waals surface area contributed by atoms with Crippen LogP contribution in [0.4, 0.5) is 5.82 Å². The highest BCUT2D eigenvalue weighted by molar-refractivity contribution is 9.10. The topological polar surface area (TPSA) is 117 Å². The molecule has 0 spiro atoms. The molecule has 10 heteroatoms. The van der Waals surface area contributed by atoms with Crippen molar-refractivity contribution >= 4 is 43.6 Å². The molecule has 8 nitrogen and oxygen atoms in total. The van der Waals surface area contributed by atoms with Crippen LogP contribution in [0.2, 0.25) is 0 Å². The van der Waals surface area contributed by atoms with E-state index in [1.54, 1.807) is 87.6 Å². The number of benzene rings is 2. The Morgan fingerprint density at radius 1 is 0.971 bits per heavy atom. The van der Waals surface area contributed by atoms with E-state index in [4.69, 9.17) is 0 Å². The lowest BCUT2D eigenvalue weighted by Gasteiger charge is -2.21. The monoisotopic (exact) mass is 558 g/mol. The van der Waals surface area contributed by atoms with E-state index in [9.17, 15) is 18.0 Å². The summed E-state index contributed by atoms with van der Waals surface area (Å²) in [6.07, 6.45) is 1.67. The summed E-state index contributed by atoms with van der Waals surface area (Å²) in [4.78, 5) is 28.8. The molecule has 0 saturated heterocycles. The predicted molar refractivity (Wildman–Crippen MR) is 139 cm³/mol. The van der Waals surface area contributed by atoms with Crippen LogP contribution in [0.5, 0.6) is 0 Å². The smallest absolute Gasteiger partial charge is 0.251 e. The fourth-order valence-electron chi connectivity index (χ4n) is 3.25. The van der Waals surface area contributed by atoms with E-state index in [2.05, 4.69) is 36.3 Å². The lowest BCUT2D eigenvalue weighted by Crippen LogP contribution is -2.40. The first-order valence-corrected chi connectivity index (χ1v) is 13.2. The molecule has 1 aromatic heterocycles. The Morgan fingerprint density at radius 2 is 1.66 bits per heavy atom. The maximum Gasteiger partial charge on any atom is 0.251 e. The number of nitrogens with zero attached hydrogens (tertiary/aromatic N) is 1. The molecule has 2 amide bonds. The summed E-state index contributed by atoms with van der Waals surface area (Å²) < 4.78 is 29.3. The van der Waals surface area contributed by atoms with Gasteiger partial charge >= 0.3 is 0 Å². The van der Waals surface area contributed by atoms with Crippen molar-refractivity contribution in [3.63, 3.8) is 0 Å². The molecule has 0 aliphatic carbocycles. The SMILES string of the molecule is CC(C)(C)NS(=O)(=O)c1ccccc1-c1ccc(C(=O)NCCC(=O)Nc2ccc(Br)cn2)cc1. The molecule has 0 saturated carbocycles. The third-order valence-electron chi connectivity index (χ3n) is 4.71. The number of carbonyl (C=O) groups excluding carboxylic acids is 2. The zero-order valence-corrected chi connectivity index (χ0v) is 22.0. The fraction of sp³-hybridized carbons (Fsp3) is 0.240. The van der Waals surface area contributed by atoms with E-state index in [1.807, 2.05) is 0 Å². The van der Waals surface area contributed by atoms with Gasteiger partial charge in [-0.25, -0.2) is 18.1 Å². The molecule has 1 heterocycles. The Kier molecular flexibility index (Phi) is 8.42. The normalized spacial score (nSPS) is 11.7. The number of hydrogen-bond donors (Lipinski definition) is 3. The zero-order valence-electron chi connectivity index (χ0n) is 19.6. The van der Waals surface area contributed by atoms with Crippen molar-refractivity contribution in [3.05, 3.63) is 76.9 Å². The minimum atomic E-state index is -3.74. The van der Waals surface area contributed by atoms with Crippen LogP contribution >= 0.6 is 15.9 Å². The summed E-state index contributed by atoms with van der Waals surface area (Å²) in [5, 5.41) is 5.38. The lowest BCUT2D eigenvalue weighted by molar-refractivity contribution is -0.116. The lowest BCUT2D eigenvalue weighted by atomic mass is 10.0. The van der Waals surface area contributed by atoms with Gasteiger partial charge in [0.15, 0.2) is 0 Å². The van der Waals surface area contributed by atoms with Crippen molar-refractivity contribution in [2.45, 2.75) is 37.6 Å². The zero-order chi connectivity index (χ0) is 25.6. The number of carbonyl (C=O) groups is 2. The fourth-order valence-corrected chi connectivity index (χ4v) is 5.13. The Hall–Kier alpha value is -3.08. The summed E-state index contributed by atoms with van der Waals surface area (Å²) in [5.74, 6) is -0.168. The second-order valence-electron chi connectivity index (χ2n) is 8.84. The average Bonchev–Trinajstić information content (AvgIpc) is 2.79. The number of rotatable bonds is 8. The quantitative estimate of drug-likeness (QED) is 0.380. The van der Waals surface area contributed by atoms with E-state index in [0.717, 1.165) is 4.47 Å². The van der Waals surface area contributed by atoms with Gasteiger partial charge in [0.2, 0.25) is 15.9 Å². The van der Waals surface area contributed by atoms with Gasteiger partial charge in [0.25, 0.3) is 5.91 Å². The van der Waals surface area contributed by atoms with Crippen LogP contribution in [0.1, 0.15) is 37.6 Å². The van der Waals surface area contributed by atoms with Gasteiger partial charge in [-0.15, -0.1) is 0 Å². The molecular formula is C25H27BrN4O4S. The number of hydrogen-bond acceptors (Lipinski definition) is 5. The first kappa shape index (κ1) is 26.5. The van der Waals surface area contributed by atoms with Crippen LogP contribution in [0.15, 0.2) is 76.2 Å². The molecule has 0 radical (unpaired) electrons. The third kappa shape index (κ3) is 7.71. The van der Waals surface area contributed by atoms with E-state index in [1.165, 1.54) is 0 Å². The van der Waals surface area contributed by atoms with Gasteiger partial charge in [-0.1, -0.05) is 30.3 Å². The molecule has 3 aromatic rings. The summed E-state index contributed by atoms with van der Waals surface area (Å²) >= 11 is 3.28. The molecule has 0 fully saturated rings. The number of anilines is 1. The number of amides is 2. The van der Waals surface area contributed by atoms with Crippen LogP contribution in [0.25, 0.3) is 11.1 Å². The van der Waals surface area contributed by atoms with E-state index >= 15 is 0 Å². The van der Waals surface area contributed by atoms with Crippen molar-refractivity contribution in [1.29, 1.82) is 0 Å². The molecular weight excluding hydrogens is 532 g/mol. The Labute approximate surface area is 213 Å². The number of nitrogens with one attached hydrogen (secondary N) is 3. The molecule has 3 N–H and O–H groups in total. The Balaban J connectivity index is 1.63. The maximum atomic E-state index is 12.9. The summed E-state index contributed by atoms with van der Waals surface area (Å²) in [7, 11) is -3.74. The van der Waals surface area contributed by atoms with Crippen molar-refractivity contribution in [3.8, 4) is 11.1 Å². The molecule has 0 unspecified atom stereocenters. The van der Waals surface area contributed by atoms with Crippen LogP contribution in [-0.4, -0.2) is 37.3 Å². The molecule has 0 aliphatic rings. The highest BCUT2D eigenvalue weighted by Crippen LogP contribution is 2.28. The van der Waals surface area contributed by atoms with E-state index < -0.39 is 15.6 Å². The first-order chi connectivity index (χ1) is 16.4. The van der Waals surface area contributed by atoms with Crippen LogP contribution in [0, 0.1) is 0 Å². The van der Waals surface area contributed by atoms with Gasteiger partial charge in [-0.05, 0) is 72.6 Å². The van der Waals surface area contributed by atoms with Crippen molar-refractivity contribution in [2.75, 3.05) is 11.9 Å². The number of sulfonamides is 1. The van der Waals surface area contributed by atoms with Crippen LogP contribution in [0.3, 0.4) is 0 Å². The van der Waals surface area contributed by atoms with Crippen molar-refractivity contribution in [2.24, 2.45) is 0 Å². The van der Waals surface area contributed by atoms with Crippen molar-refractivity contribution < 1.29 is 18.0 Å². The van der Waals surface area contributed by atoms with Crippen molar-refractivity contribution in [1.82, 2.24) is 15.0 Å². The second kappa shape index (κ2) is 11.1. The summed E-state index contributed by atoms with van der Waals surface area (Å²) in [5.41, 5.74) is 0.976. The Morgan fingerprint density at radius 3 is 2.29 bits per heavy atom. The number of halogens is 1. The summed E-state index contributed by atoms with van der Waals surface area (Å²) in [6.45, 7) is 5.49. The van der Waals surface area contributed by atoms with Gasteiger partial charge in [0.05, 0.1) is 4.90 Å². The Bertz CT molecular complexity index is 1300. The third-order valence-corrected chi connectivity index (χ3v) is 6.99. The minimum Gasteiger partial charge on any atom is -0.352 e. The van der Waals surface area contributed by atoms with Gasteiger partial charge in [0, 0.05) is 40.3 Å². The maximum absolute atomic E-state index is 12.9. The molecule has 3 rings (SSSR count). The molecule has 0 atom stereocenters. The molecule has 35 heavy (non-hydrogen) atoms. The second-order valence-corrected chi connectivity index (χ2v) is 11.4. The largest absolute Gasteiger partial charge is 0.352 e. The molecule has 184 valence electrons. The predicted octanol–water partition coefficient (Wildman–Crippen LogP) is 4.35. The van der Waals surface area contributed by atoms with E-state index in [-0.39, 0.29) is 29.7 Å². The van der Waals surface area contributed by atoms with Crippen LogP contribution in [-0.2, 0) is 14.8 Å². The highest BCUT2D eigenvalue weighted by atomic mass is 79.9. The van der Waals surface area contributed by atoms with Gasteiger partial charge in [0.1, 0.15) is 5.82 Å². The minimum absolute atomic E-state index is 0.0909. The number of aromatic nitrogens is 1. The highest BCUT2D eigenvalue weighted by Gasteiger charge is 2.24. The summed E-state index contributed by atoms with van der Waals surface area (Å²) in [6, 6.07) is 16.8. The molecule has 0 aliphatic heterocycles. The standard InChI is InChI=1S/C25H27BrN4O4S/c1-25(2,3)30-35(33,34)21-7-5-4-6-20(21)17-8-10-18(11-9-17)24(32)27-15-14-23(31)29-22-13-12-19(26)16-28-22/h4-13,16,30H,14-15H2,1-3H3,(H,27,32)(H,28,29,31). The average molecular weight is 559 g/mol.